The maximum absolute atomic E-state index is 12.9. The van der Waals surface area contributed by atoms with Crippen LogP contribution in [-0.4, -0.2) is 21.3 Å². The summed E-state index contributed by atoms with van der Waals surface area (Å²) in [5.74, 6) is -0.686. The molecule has 29 heavy (non-hydrogen) atoms. The van der Waals surface area contributed by atoms with Gasteiger partial charge in [0.05, 0.1) is 10.6 Å². The lowest BCUT2D eigenvalue weighted by Gasteiger charge is -2.23. The fraction of sp³-hybridized carbons (Fsp3) is 0.222. The third-order valence-corrected chi connectivity index (χ3v) is 6.15. The van der Waals surface area contributed by atoms with Gasteiger partial charge in [-0.25, -0.2) is 4.79 Å². The van der Waals surface area contributed by atoms with E-state index in [1.165, 1.54) is 30.3 Å². The summed E-state index contributed by atoms with van der Waals surface area (Å²) in [6.45, 7) is 0. The van der Waals surface area contributed by atoms with E-state index < -0.39 is 21.3 Å². The molecule has 11 heteroatoms. The summed E-state index contributed by atoms with van der Waals surface area (Å²) in [5.41, 5.74) is 0.871. The van der Waals surface area contributed by atoms with Crippen LogP contribution in [0.2, 0.25) is 10.0 Å². The van der Waals surface area contributed by atoms with Crippen molar-refractivity contribution in [3.05, 3.63) is 63.6 Å². The maximum atomic E-state index is 12.9. The Morgan fingerprint density at radius 3 is 2.24 bits per heavy atom. The highest BCUT2D eigenvalue weighted by Crippen LogP contribution is 2.46. The number of amides is 3. The van der Waals surface area contributed by atoms with Crippen LogP contribution in [0.5, 0.6) is 0 Å². The minimum absolute atomic E-state index is 0.0340. The Bertz CT molecular complexity index is 924. The van der Waals surface area contributed by atoms with E-state index in [0.29, 0.717) is 5.56 Å². The Balaban J connectivity index is 1.99. The van der Waals surface area contributed by atoms with Gasteiger partial charge in [0.2, 0.25) is 0 Å². The van der Waals surface area contributed by atoms with Gasteiger partial charge in [0.1, 0.15) is 0 Å². The molecule has 2 aromatic rings. The van der Waals surface area contributed by atoms with E-state index in [0.717, 1.165) is 0 Å². The Hall–Kier alpha value is -1.29. The molecular weight excluding hydrogens is 564 g/mol. The molecular formula is C18H13Br2Cl2F3N2O2. The zero-order valence-electron chi connectivity index (χ0n) is 14.4. The van der Waals surface area contributed by atoms with E-state index in [4.69, 9.17) is 23.2 Å². The van der Waals surface area contributed by atoms with Gasteiger partial charge < -0.3 is 5.32 Å². The second-order valence-corrected chi connectivity index (χ2v) is 10.5. The fourth-order valence-electron chi connectivity index (χ4n) is 2.24. The number of hydrogen-bond acceptors (Lipinski definition) is 2. The highest BCUT2D eigenvalue weighted by Gasteiger charge is 2.50. The summed E-state index contributed by atoms with van der Waals surface area (Å²) in [5, 5.41) is 4.93. The summed E-state index contributed by atoms with van der Waals surface area (Å²) in [7, 11) is 0. The standard InChI is InChI=1S/C18H13Br2Cl2F3N2O2/c19-17(20,18(23,24)25)8-7-10-5-6-11(9-14(10)22)26-16(29)27-15(28)12-3-1-2-4-13(12)21/h1-6,9H,7-8H2,(H2,26,27,28,29). The van der Waals surface area contributed by atoms with Gasteiger partial charge in [-0.05, 0) is 42.7 Å². The van der Waals surface area contributed by atoms with Crippen molar-refractivity contribution in [1.82, 2.24) is 5.32 Å². The van der Waals surface area contributed by atoms with Crippen LogP contribution in [0.4, 0.5) is 23.7 Å². The lowest BCUT2D eigenvalue weighted by molar-refractivity contribution is -0.134. The number of benzene rings is 2. The molecule has 0 aliphatic carbocycles. The highest BCUT2D eigenvalue weighted by atomic mass is 79.9. The summed E-state index contributed by atoms with van der Waals surface area (Å²) in [6, 6.07) is 9.77. The average molecular weight is 577 g/mol. The molecule has 2 aromatic carbocycles. The predicted molar refractivity (Wildman–Crippen MR) is 114 cm³/mol. The van der Waals surface area contributed by atoms with Gasteiger partial charge in [0, 0.05) is 10.7 Å². The zero-order chi connectivity index (χ0) is 21.8. The lowest BCUT2D eigenvalue weighted by Crippen LogP contribution is -2.34. The van der Waals surface area contributed by atoms with Crippen molar-refractivity contribution in [2.45, 2.75) is 22.3 Å². The molecule has 0 saturated heterocycles. The summed E-state index contributed by atoms with van der Waals surface area (Å²) in [4.78, 5) is 24.1. The molecule has 2 rings (SSSR count). The van der Waals surface area contributed by atoms with Gasteiger partial charge in [-0.2, -0.15) is 13.2 Å². The molecule has 0 fully saturated rings. The number of anilines is 1. The quantitative estimate of drug-likeness (QED) is 0.379. The van der Waals surface area contributed by atoms with Crippen molar-refractivity contribution in [3.8, 4) is 0 Å². The number of aryl methyl sites for hydroxylation is 1. The molecule has 4 nitrogen and oxygen atoms in total. The van der Waals surface area contributed by atoms with Crippen LogP contribution < -0.4 is 10.6 Å². The van der Waals surface area contributed by atoms with Crippen LogP contribution in [0.1, 0.15) is 22.3 Å². The van der Waals surface area contributed by atoms with Crippen LogP contribution in [0.3, 0.4) is 0 Å². The Kier molecular flexibility index (Phi) is 8.00. The number of urea groups is 1. The van der Waals surface area contributed by atoms with Crippen LogP contribution in [0.15, 0.2) is 42.5 Å². The van der Waals surface area contributed by atoms with Crippen molar-refractivity contribution >= 4 is 72.7 Å². The minimum Gasteiger partial charge on any atom is -0.308 e. The number of hydrogen-bond donors (Lipinski definition) is 2. The van der Waals surface area contributed by atoms with Gasteiger partial charge in [-0.1, -0.05) is 73.3 Å². The molecule has 3 amide bonds. The Morgan fingerprint density at radius 2 is 1.66 bits per heavy atom. The molecule has 0 bridgehead atoms. The molecule has 2 N–H and O–H groups in total. The second-order valence-electron chi connectivity index (χ2n) is 5.90. The maximum Gasteiger partial charge on any atom is 0.413 e. The van der Waals surface area contributed by atoms with Crippen LogP contribution in [0, 0.1) is 0 Å². The smallest absolute Gasteiger partial charge is 0.308 e. The molecule has 0 aliphatic heterocycles. The largest absolute Gasteiger partial charge is 0.413 e. The number of carbonyl (C=O) groups is 2. The summed E-state index contributed by atoms with van der Waals surface area (Å²) < 4.78 is 36.4. The third-order valence-electron chi connectivity index (χ3n) is 3.78. The van der Waals surface area contributed by atoms with Crippen molar-refractivity contribution < 1.29 is 22.8 Å². The Labute approximate surface area is 191 Å². The highest BCUT2D eigenvalue weighted by molar-refractivity contribution is 9.25. The first-order chi connectivity index (χ1) is 13.4. The van der Waals surface area contributed by atoms with Crippen molar-refractivity contribution in [3.63, 3.8) is 0 Å². The average Bonchev–Trinajstić information content (AvgIpc) is 2.60. The van der Waals surface area contributed by atoms with Gasteiger partial charge in [0.25, 0.3) is 5.91 Å². The summed E-state index contributed by atoms with van der Waals surface area (Å²) in [6.07, 6.45) is -4.74. The fourth-order valence-corrected chi connectivity index (χ4v) is 3.13. The van der Waals surface area contributed by atoms with Crippen LogP contribution >= 0.6 is 55.1 Å². The molecule has 0 radical (unpaired) electrons. The lowest BCUT2D eigenvalue weighted by atomic mass is 10.1. The molecule has 0 heterocycles. The molecule has 0 unspecified atom stereocenters. The zero-order valence-corrected chi connectivity index (χ0v) is 19.1. The van der Waals surface area contributed by atoms with Crippen molar-refractivity contribution in [1.29, 1.82) is 0 Å². The van der Waals surface area contributed by atoms with Crippen molar-refractivity contribution in [2.75, 3.05) is 5.32 Å². The van der Waals surface area contributed by atoms with Gasteiger partial charge >= 0.3 is 12.2 Å². The van der Waals surface area contributed by atoms with E-state index in [1.807, 2.05) is 0 Å². The topological polar surface area (TPSA) is 58.2 Å². The molecule has 156 valence electrons. The Morgan fingerprint density at radius 1 is 1.00 bits per heavy atom. The number of imide groups is 1. The molecule has 0 aliphatic rings. The number of rotatable bonds is 5. The van der Waals surface area contributed by atoms with Crippen LogP contribution in [0.25, 0.3) is 0 Å². The number of alkyl halides is 5. The first-order valence-electron chi connectivity index (χ1n) is 8.00. The molecule has 0 atom stereocenters. The third kappa shape index (κ3) is 6.60. The van der Waals surface area contributed by atoms with Gasteiger partial charge in [-0.15, -0.1) is 0 Å². The first kappa shape index (κ1) is 24.0. The second kappa shape index (κ2) is 9.68. The van der Waals surface area contributed by atoms with E-state index in [-0.39, 0.29) is 34.1 Å². The molecule has 0 saturated carbocycles. The SMILES string of the molecule is O=C(NC(=O)c1ccccc1Cl)Nc1ccc(CCC(Br)(Br)C(F)(F)F)c(Cl)c1. The normalized spacial score (nSPS) is 11.8. The van der Waals surface area contributed by atoms with E-state index in [1.54, 1.807) is 12.1 Å². The minimum atomic E-state index is -4.48. The van der Waals surface area contributed by atoms with E-state index in [9.17, 15) is 22.8 Å². The van der Waals surface area contributed by atoms with Gasteiger partial charge in [0.15, 0.2) is 3.23 Å². The number of carbonyl (C=O) groups excluding carboxylic acids is 2. The summed E-state index contributed by atoms with van der Waals surface area (Å²) >= 11 is 17.3. The molecule has 0 spiro atoms. The first-order valence-corrected chi connectivity index (χ1v) is 10.3. The number of halogens is 7. The van der Waals surface area contributed by atoms with Crippen molar-refractivity contribution in [2.24, 2.45) is 0 Å². The predicted octanol–water partition coefficient (Wildman–Crippen LogP) is 6.94. The monoisotopic (exact) mass is 574 g/mol. The van der Waals surface area contributed by atoms with E-state index in [2.05, 4.69) is 42.5 Å². The number of nitrogens with one attached hydrogen (secondary N) is 2. The molecule has 0 aromatic heterocycles. The van der Waals surface area contributed by atoms with Gasteiger partial charge in [-0.3, -0.25) is 10.1 Å². The van der Waals surface area contributed by atoms with E-state index >= 15 is 0 Å². The van der Waals surface area contributed by atoms with Crippen LogP contribution in [-0.2, 0) is 6.42 Å².